The van der Waals surface area contributed by atoms with E-state index in [2.05, 4.69) is 30.8 Å². The van der Waals surface area contributed by atoms with Crippen LogP contribution in [0.15, 0.2) is 10.5 Å². The van der Waals surface area contributed by atoms with Gasteiger partial charge in [0, 0.05) is 31.3 Å². The Kier molecular flexibility index (Phi) is 7.42. The first-order valence-corrected chi connectivity index (χ1v) is 10.7. The van der Waals surface area contributed by atoms with E-state index in [1.54, 1.807) is 0 Å². The molecule has 3 heterocycles. The third kappa shape index (κ3) is 4.55. The molecule has 0 amide bonds. The molecule has 2 aromatic rings. The van der Waals surface area contributed by atoms with Crippen LogP contribution < -0.4 is 9.64 Å². The van der Waals surface area contributed by atoms with E-state index >= 15 is 0 Å². The van der Waals surface area contributed by atoms with Gasteiger partial charge < -0.3 is 19.1 Å². The fourth-order valence-electron chi connectivity index (χ4n) is 3.31. The van der Waals surface area contributed by atoms with Crippen LogP contribution in [0.25, 0.3) is 10.9 Å². The summed E-state index contributed by atoms with van der Waals surface area (Å²) >= 11 is 3.32. The Bertz CT molecular complexity index is 809. The summed E-state index contributed by atoms with van der Waals surface area (Å²) < 4.78 is 32.1. The van der Waals surface area contributed by atoms with Crippen molar-refractivity contribution >= 4 is 32.7 Å². The lowest BCUT2D eigenvalue weighted by molar-refractivity contribution is 0.0218. The van der Waals surface area contributed by atoms with Crippen LogP contribution in [0, 0.1) is 12.7 Å². The summed E-state index contributed by atoms with van der Waals surface area (Å²) in [4.78, 5) is 11.1. The Hall–Kier alpha value is -1.51. The maximum atomic E-state index is 14.9. The van der Waals surface area contributed by atoms with Gasteiger partial charge in [0.25, 0.3) is 0 Å². The van der Waals surface area contributed by atoms with Gasteiger partial charge in [-0.3, -0.25) is 0 Å². The highest BCUT2D eigenvalue weighted by molar-refractivity contribution is 9.10. The first kappa shape index (κ1) is 21.2. The molecule has 0 spiro atoms. The van der Waals surface area contributed by atoms with Crippen molar-refractivity contribution in [2.45, 2.75) is 39.7 Å². The van der Waals surface area contributed by atoms with Gasteiger partial charge in [-0.2, -0.15) is 9.97 Å². The maximum absolute atomic E-state index is 14.9. The van der Waals surface area contributed by atoms with Crippen molar-refractivity contribution in [3.63, 3.8) is 0 Å². The third-order valence-electron chi connectivity index (χ3n) is 4.76. The van der Waals surface area contributed by atoms with Crippen molar-refractivity contribution in [1.82, 2.24) is 9.97 Å². The monoisotopic (exact) mass is 455 g/mol. The fourth-order valence-corrected chi connectivity index (χ4v) is 3.61. The number of anilines is 1. The number of ether oxygens (including phenoxy) is 3. The van der Waals surface area contributed by atoms with Crippen LogP contribution in [0.2, 0.25) is 0 Å². The number of hydrogen-bond donors (Lipinski definition) is 0. The van der Waals surface area contributed by atoms with Crippen LogP contribution in [0.3, 0.4) is 0 Å². The molecule has 0 saturated carbocycles. The summed E-state index contributed by atoms with van der Waals surface area (Å²) in [5.41, 5.74) is 1.09. The molecule has 2 aliphatic heterocycles. The molecule has 2 fully saturated rings. The van der Waals surface area contributed by atoms with Crippen molar-refractivity contribution < 1.29 is 18.6 Å². The molecule has 0 atom stereocenters. The lowest BCUT2D eigenvalue weighted by Gasteiger charge is -2.29. The molecule has 2 aliphatic rings. The van der Waals surface area contributed by atoms with E-state index in [4.69, 9.17) is 14.2 Å². The van der Waals surface area contributed by atoms with Crippen LogP contribution in [0.4, 0.5) is 10.2 Å². The normalized spacial score (nSPS) is 18.0. The van der Waals surface area contributed by atoms with E-state index in [9.17, 15) is 4.39 Å². The van der Waals surface area contributed by atoms with Gasteiger partial charge in [0.2, 0.25) is 0 Å². The summed E-state index contributed by atoms with van der Waals surface area (Å²) in [6, 6.07) is 2.14. The van der Waals surface area contributed by atoms with Crippen molar-refractivity contribution in [3.8, 4) is 6.01 Å². The summed E-state index contributed by atoms with van der Waals surface area (Å²) in [6.45, 7) is 9.85. The SMILES string of the molecule is CC.Cc1cc2c(N3CCOCC3)nc(OC3CCOCC3)nc2c(F)c1Br. The first-order chi connectivity index (χ1) is 13.6. The van der Waals surface area contributed by atoms with Gasteiger partial charge in [-0.1, -0.05) is 13.8 Å². The molecule has 28 heavy (non-hydrogen) atoms. The molecule has 4 rings (SSSR count). The van der Waals surface area contributed by atoms with Crippen molar-refractivity contribution in [2.75, 3.05) is 44.4 Å². The number of hydrogen-bond acceptors (Lipinski definition) is 6. The predicted molar refractivity (Wildman–Crippen MR) is 111 cm³/mol. The van der Waals surface area contributed by atoms with Crippen molar-refractivity contribution in [3.05, 3.63) is 21.9 Å². The van der Waals surface area contributed by atoms with Gasteiger partial charge in [-0.15, -0.1) is 0 Å². The lowest BCUT2D eigenvalue weighted by Crippen LogP contribution is -2.37. The Balaban J connectivity index is 0.00000109. The number of benzene rings is 1. The molecular formula is C20H27BrFN3O3. The molecular weight excluding hydrogens is 429 g/mol. The minimum Gasteiger partial charge on any atom is -0.460 e. The molecule has 2 saturated heterocycles. The Labute approximate surface area is 173 Å². The number of rotatable bonds is 3. The molecule has 0 bridgehead atoms. The zero-order valence-electron chi connectivity index (χ0n) is 16.6. The molecule has 0 radical (unpaired) electrons. The quantitative estimate of drug-likeness (QED) is 0.688. The van der Waals surface area contributed by atoms with Crippen LogP contribution in [-0.2, 0) is 9.47 Å². The van der Waals surface area contributed by atoms with Crippen molar-refractivity contribution in [1.29, 1.82) is 0 Å². The van der Waals surface area contributed by atoms with Gasteiger partial charge in [0.1, 0.15) is 17.4 Å². The molecule has 1 aromatic carbocycles. The zero-order chi connectivity index (χ0) is 20.1. The van der Waals surface area contributed by atoms with E-state index in [-0.39, 0.29) is 23.4 Å². The average molecular weight is 456 g/mol. The van der Waals surface area contributed by atoms with Gasteiger partial charge in [-0.05, 0) is 34.5 Å². The summed E-state index contributed by atoms with van der Waals surface area (Å²) in [5, 5.41) is 0.699. The topological polar surface area (TPSA) is 56.7 Å². The predicted octanol–water partition coefficient (Wildman–Crippen LogP) is 4.26. The molecule has 0 unspecified atom stereocenters. The Morgan fingerprint density at radius 3 is 2.43 bits per heavy atom. The fraction of sp³-hybridized carbons (Fsp3) is 0.600. The lowest BCUT2D eigenvalue weighted by atomic mass is 10.1. The zero-order valence-corrected chi connectivity index (χ0v) is 18.2. The second kappa shape index (κ2) is 9.80. The van der Waals surface area contributed by atoms with Gasteiger partial charge >= 0.3 is 6.01 Å². The molecule has 8 heteroatoms. The van der Waals surface area contributed by atoms with E-state index in [0.717, 1.165) is 18.4 Å². The van der Waals surface area contributed by atoms with Crippen LogP contribution in [-0.4, -0.2) is 55.6 Å². The minimum atomic E-state index is -0.381. The van der Waals surface area contributed by atoms with E-state index < -0.39 is 0 Å². The molecule has 0 aliphatic carbocycles. The van der Waals surface area contributed by atoms with Crippen LogP contribution in [0.5, 0.6) is 6.01 Å². The molecule has 6 nitrogen and oxygen atoms in total. The summed E-state index contributed by atoms with van der Waals surface area (Å²) in [6.07, 6.45) is 1.57. The Morgan fingerprint density at radius 2 is 1.75 bits per heavy atom. The summed E-state index contributed by atoms with van der Waals surface area (Å²) in [5.74, 6) is 0.323. The number of halogens is 2. The van der Waals surface area contributed by atoms with E-state index in [1.165, 1.54) is 0 Å². The highest BCUT2D eigenvalue weighted by atomic mass is 79.9. The second-order valence-electron chi connectivity index (χ2n) is 6.58. The van der Waals surface area contributed by atoms with Gasteiger partial charge in [0.15, 0.2) is 5.82 Å². The second-order valence-corrected chi connectivity index (χ2v) is 7.37. The van der Waals surface area contributed by atoms with E-state index in [0.29, 0.717) is 55.2 Å². The maximum Gasteiger partial charge on any atom is 0.319 e. The number of aryl methyl sites for hydroxylation is 1. The minimum absolute atomic E-state index is 0.00399. The molecule has 154 valence electrons. The largest absolute Gasteiger partial charge is 0.460 e. The van der Waals surface area contributed by atoms with Crippen LogP contribution in [0.1, 0.15) is 32.3 Å². The van der Waals surface area contributed by atoms with Gasteiger partial charge in [-0.25, -0.2) is 4.39 Å². The Morgan fingerprint density at radius 1 is 1.11 bits per heavy atom. The summed E-state index contributed by atoms with van der Waals surface area (Å²) in [7, 11) is 0. The highest BCUT2D eigenvalue weighted by Gasteiger charge is 2.23. The van der Waals surface area contributed by atoms with Crippen LogP contribution >= 0.6 is 15.9 Å². The number of nitrogens with zero attached hydrogens (tertiary/aromatic N) is 3. The smallest absolute Gasteiger partial charge is 0.319 e. The molecule has 1 aromatic heterocycles. The number of morpholine rings is 1. The first-order valence-electron chi connectivity index (χ1n) is 9.87. The average Bonchev–Trinajstić information content (AvgIpc) is 2.75. The van der Waals surface area contributed by atoms with E-state index in [1.807, 2.05) is 26.8 Å². The molecule has 0 N–H and O–H groups in total. The number of fused-ring (bicyclic) bond motifs is 1. The standard InChI is InChI=1S/C18H21BrFN3O3.C2H6/c1-11-10-13-16(15(20)14(11)19)21-18(26-12-2-6-24-7-3-12)22-17(13)23-4-8-25-9-5-23;1-2/h10,12H,2-9H2,1H3;1-2H3. The van der Waals surface area contributed by atoms with Gasteiger partial charge in [0.05, 0.1) is 30.9 Å². The number of aromatic nitrogens is 2. The third-order valence-corrected chi connectivity index (χ3v) is 5.74. The highest BCUT2D eigenvalue weighted by Crippen LogP contribution is 2.34. The van der Waals surface area contributed by atoms with Crippen molar-refractivity contribution in [2.24, 2.45) is 0 Å².